The molecule has 2 fully saturated rings. The highest BCUT2D eigenvalue weighted by atomic mass is 19.2. The smallest absolute Gasteiger partial charge is 0.319 e. The number of aliphatic imine (C=N–C) groups is 1. The molecule has 1 atom stereocenters. The number of hydrogen-bond donors (Lipinski definition) is 0. The van der Waals surface area contributed by atoms with Gasteiger partial charge in [0, 0.05) is 53.4 Å². The van der Waals surface area contributed by atoms with Crippen molar-refractivity contribution in [3.8, 4) is 0 Å². The Kier molecular flexibility index (Phi) is 6.53. The van der Waals surface area contributed by atoms with Crippen molar-refractivity contribution in [2.24, 2.45) is 4.99 Å². The number of benzene rings is 1. The van der Waals surface area contributed by atoms with Crippen LogP contribution in [0.15, 0.2) is 35.1 Å². The molecule has 0 aliphatic carbocycles. The van der Waals surface area contributed by atoms with Gasteiger partial charge in [-0.05, 0) is 17.7 Å². The number of hydrogen-bond acceptors (Lipinski definition) is 5. The van der Waals surface area contributed by atoms with E-state index in [0.717, 1.165) is 18.0 Å². The van der Waals surface area contributed by atoms with Crippen LogP contribution in [-0.2, 0) is 16.1 Å². The number of amides is 3. The number of halogens is 2. The fourth-order valence-electron chi connectivity index (χ4n) is 3.66. The van der Waals surface area contributed by atoms with Crippen molar-refractivity contribution in [2.75, 3.05) is 47.3 Å². The third-order valence-electron chi connectivity index (χ3n) is 5.11. The lowest BCUT2D eigenvalue weighted by Gasteiger charge is -2.39. The van der Waals surface area contributed by atoms with E-state index >= 15 is 0 Å². The minimum Gasteiger partial charge on any atom is -0.473 e. The second-order valence-corrected chi connectivity index (χ2v) is 7.46. The van der Waals surface area contributed by atoms with Crippen molar-refractivity contribution in [2.45, 2.75) is 12.6 Å². The number of nitrogens with zero attached hydrogens (tertiary/aromatic N) is 5. The Hall–Kier alpha value is -3.17. The van der Waals surface area contributed by atoms with Crippen LogP contribution in [0.4, 0.5) is 13.6 Å². The maximum absolute atomic E-state index is 13.4. The molecule has 0 aromatic heterocycles. The molecule has 0 radical (unpaired) electrons. The van der Waals surface area contributed by atoms with Crippen molar-refractivity contribution in [3.05, 3.63) is 47.3 Å². The first-order valence-electron chi connectivity index (χ1n) is 9.54. The Bertz CT molecular complexity index is 874. The Morgan fingerprint density at radius 1 is 1.27 bits per heavy atom. The number of carbonyl (C=O) groups is 2. The number of piperazine rings is 1. The van der Waals surface area contributed by atoms with Crippen LogP contribution in [0.2, 0.25) is 0 Å². The highest BCUT2D eigenvalue weighted by molar-refractivity contribution is 5.92. The van der Waals surface area contributed by atoms with Gasteiger partial charge < -0.3 is 24.3 Å². The molecule has 0 bridgehead atoms. The summed E-state index contributed by atoms with van der Waals surface area (Å²) in [6.07, 6.45) is 2.02. The third kappa shape index (κ3) is 4.69. The van der Waals surface area contributed by atoms with Gasteiger partial charge >= 0.3 is 6.03 Å². The van der Waals surface area contributed by atoms with Crippen LogP contribution in [0.25, 0.3) is 0 Å². The van der Waals surface area contributed by atoms with Crippen LogP contribution in [0.5, 0.6) is 0 Å². The summed E-state index contributed by atoms with van der Waals surface area (Å²) in [4.78, 5) is 34.5. The molecule has 1 aromatic carbocycles. The maximum Gasteiger partial charge on any atom is 0.319 e. The first-order chi connectivity index (χ1) is 14.3. The van der Waals surface area contributed by atoms with Crippen molar-refractivity contribution < 1.29 is 23.1 Å². The van der Waals surface area contributed by atoms with Crippen LogP contribution in [0.3, 0.4) is 0 Å². The molecule has 3 rings (SSSR count). The van der Waals surface area contributed by atoms with E-state index in [1.807, 2.05) is 16.8 Å². The van der Waals surface area contributed by atoms with Crippen LogP contribution < -0.4 is 0 Å². The Labute approximate surface area is 174 Å². The molecular weight excluding hydrogens is 396 g/mol. The summed E-state index contributed by atoms with van der Waals surface area (Å²) in [5.41, 5.74) is 0.416. The van der Waals surface area contributed by atoms with Gasteiger partial charge in [-0.1, -0.05) is 6.07 Å². The third-order valence-corrected chi connectivity index (χ3v) is 5.11. The molecule has 10 heteroatoms. The monoisotopic (exact) mass is 421 g/mol. The van der Waals surface area contributed by atoms with E-state index < -0.39 is 11.6 Å². The largest absolute Gasteiger partial charge is 0.473 e. The SMILES string of the molecule is CN(C)C(=O)N1CCN2/C(=C/C(=NC=O)OCc3ccc(F)c(F)c3)N(C)CC2C1. The minimum atomic E-state index is -0.966. The van der Waals surface area contributed by atoms with Gasteiger partial charge in [-0.15, -0.1) is 0 Å². The maximum atomic E-state index is 13.4. The molecule has 0 N–H and O–H groups in total. The summed E-state index contributed by atoms with van der Waals surface area (Å²) in [5, 5.41) is 0. The topological polar surface area (TPSA) is 68.7 Å². The minimum absolute atomic E-state index is 0.0206. The standard InChI is InChI=1S/C20H25F2N5O3/c1-24(2)20(29)26-6-7-27-15(11-26)10-25(3)19(27)9-18(23-13-28)30-12-14-4-5-16(21)17(22)8-14/h4-5,8-9,13,15H,6-7,10-12H2,1-3H3/b19-9+,23-18?. The van der Waals surface area contributed by atoms with E-state index in [1.165, 1.54) is 6.07 Å². The first kappa shape index (κ1) is 21.5. The van der Waals surface area contributed by atoms with Crippen LogP contribution in [0, 0.1) is 11.6 Å². The fourth-order valence-corrected chi connectivity index (χ4v) is 3.66. The zero-order valence-electron chi connectivity index (χ0n) is 17.2. The molecule has 0 spiro atoms. The average Bonchev–Trinajstić information content (AvgIpc) is 3.02. The molecule has 162 valence electrons. The quantitative estimate of drug-likeness (QED) is 0.419. The lowest BCUT2D eigenvalue weighted by molar-refractivity contribution is -0.106. The van der Waals surface area contributed by atoms with Crippen LogP contribution in [0.1, 0.15) is 5.56 Å². The van der Waals surface area contributed by atoms with E-state index in [9.17, 15) is 18.4 Å². The molecule has 30 heavy (non-hydrogen) atoms. The molecule has 1 unspecified atom stereocenters. The summed E-state index contributed by atoms with van der Waals surface area (Å²) in [7, 11) is 5.37. The summed E-state index contributed by atoms with van der Waals surface area (Å²) >= 11 is 0. The van der Waals surface area contributed by atoms with Gasteiger partial charge in [-0.3, -0.25) is 4.79 Å². The summed E-state index contributed by atoms with van der Waals surface area (Å²) in [5.74, 6) is -1.01. The molecule has 2 aliphatic rings. The van der Waals surface area contributed by atoms with E-state index in [0.29, 0.717) is 38.2 Å². The molecule has 2 aliphatic heterocycles. The van der Waals surface area contributed by atoms with Crippen molar-refractivity contribution >= 4 is 18.3 Å². The summed E-state index contributed by atoms with van der Waals surface area (Å²) < 4.78 is 32.0. The Morgan fingerprint density at radius 3 is 2.70 bits per heavy atom. The van der Waals surface area contributed by atoms with Gasteiger partial charge in [0.15, 0.2) is 11.6 Å². The molecule has 0 saturated carbocycles. The van der Waals surface area contributed by atoms with E-state index in [2.05, 4.69) is 9.89 Å². The molecular formula is C20H25F2N5O3. The van der Waals surface area contributed by atoms with Crippen LogP contribution in [-0.4, -0.2) is 91.3 Å². The van der Waals surface area contributed by atoms with Crippen LogP contribution >= 0.6 is 0 Å². The average molecular weight is 421 g/mol. The zero-order chi connectivity index (χ0) is 21.8. The van der Waals surface area contributed by atoms with Gasteiger partial charge in [0.05, 0.1) is 6.04 Å². The summed E-state index contributed by atoms with van der Waals surface area (Å²) in [6, 6.07) is 3.56. The van der Waals surface area contributed by atoms with Gasteiger partial charge in [-0.2, -0.15) is 4.99 Å². The predicted molar refractivity (Wildman–Crippen MR) is 107 cm³/mol. The number of rotatable bonds is 4. The zero-order valence-corrected chi connectivity index (χ0v) is 17.2. The second-order valence-electron chi connectivity index (χ2n) is 7.46. The van der Waals surface area contributed by atoms with Gasteiger partial charge in [0.2, 0.25) is 12.3 Å². The number of fused-ring (bicyclic) bond motifs is 1. The summed E-state index contributed by atoms with van der Waals surface area (Å²) in [6.45, 7) is 2.45. The Morgan fingerprint density at radius 2 is 2.03 bits per heavy atom. The lowest BCUT2D eigenvalue weighted by Crippen LogP contribution is -2.54. The highest BCUT2D eigenvalue weighted by Gasteiger charge is 2.38. The molecule has 3 amide bonds. The Balaban J connectivity index is 1.71. The van der Waals surface area contributed by atoms with E-state index in [4.69, 9.17) is 4.74 Å². The van der Waals surface area contributed by atoms with Crippen molar-refractivity contribution in [3.63, 3.8) is 0 Å². The van der Waals surface area contributed by atoms with E-state index in [1.54, 1.807) is 25.1 Å². The fraction of sp³-hybridized carbons (Fsp3) is 0.450. The molecule has 2 heterocycles. The van der Waals surface area contributed by atoms with Gasteiger partial charge in [0.1, 0.15) is 12.4 Å². The number of likely N-dealkylation sites (N-methyl/N-ethyl adjacent to an activating group) is 1. The van der Waals surface area contributed by atoms with Crippen molar-refractivity contribution in [1.82, 2.24) is 19.6 Å². The molecule has 8 nitrogen and oxygen atoms in total. The molecule has 2 saturated heterocycles. The van der Waals surface area contributed by atoms with E-state index in [-0.39, 0.29) is 24.6 Å². The number of carbonyl (C=O) groups excluding carboxylic acids is 2. The van der Waals surface area contributed by atoms with Crippen molar-refractivity contribution in [1.29, 1.82) is 0 Å². The number of urea groups is 1. The predicted octanol–water partition coefficient (Wildman–Crippen LogP) is 1.49. The van der Waals surface area contributed by atoms with Gasteiger partial charge in [0.25, 0.3) is 0 Å². The lowest BCUT2D eigenvalue weighted by atomic mass is 10.2. The first-order valence-corrected chi connectivity index (χ1v) is 9.54. The molecule has 1 aromatic rings. The number of ether oxygens (including phenoxy) is 1. The normalized spacial score (nSPS) is 20.4. The van der Waals surface area contributed by atoms with Gasteiger partial charge in [-0.25, -0.2) is 13.6 Å². The second kappa shape index (κ2) is 9.10. The highest BCUT2D eigenvalue weighted by Crippen LogP contribution is 2.26.